The van der Waals surface area contributed by atoms with Gasteiger partial charge in [-0.25, -0.2) is 13.2 Å². The fourth-order valence-corrected chi connectivity index (χ4v) is 3.42. The molecule has 9 heteroatoms. The summed E-state index contributed by atoms with van der Waals surface area (Å²) < 4.78 is 36.6. The van der Waals surface area contributed by atoms with Crippen molar-refractivity contribution in [3.63, 3.8) is 0 Å². The number of aryl methyl sites for hydroxylation is 2. The van der Waals surface area contributed by atoms with Crippen LogP contribution in [0.15, 0.2) is 27.6 Å². The van der Waals surface area contributed by atoms with Gasteiger partial charge in [0.25, 0.3) is 10.0 Å². The van der Waals surface area contributed by atoms with E-state index in [0.29, 0.717) is 0 Å². The first-order chi connectivity index (χ1) is 10.8. The summed E-state index contributed by atoms with van der Waals surface area (Å²) in [6.45, 7) is 4.82. The molecule has 1 aromatic heterocycles. The smallest absolute Gasteiger partial charge is 0.338 e. The number of anilines is 1. The van der Waals surface area contributed by atoms with Gasteiger partial charge in [0.05, 0.1) is 17.9 Å². The number of rotatable bonds is 5. The monoisotopic (exact) mass is 340 g/mol. The summed E-state index contributed by atoms with van der Waals surface area (Å²) >= 11 is 0. The largest absolute Gasteiger partial charge is 0.506 e. The minimum atomic E-state index is -3.98. The molecule has 0 amide bonds. The second kappa shape index (κ2) is 6.29. The van der Waals surface area contributed by atoms with Crippen molar-refractivity contribution in [1.82, 2.24) is 5.16 Å². The molecule has 2 rings (SSSR count). The van der Waals surface area contributed by atoms with Crippen molar-refractivity contribution in [3.8, 4) is 5.75 Å². The maximum Gasteiger partial charge on any atom is 0.338 e. The van der Waals surface area contributed by atoms with Crippen molar-refractivity contribution in [1.29, 1.82) is 0 Å². The molecule has 124 valence electrons. The molecule has 2 N–H and O–H groups in total. The van der Waals surface area contributed by atoms with Crippen molar-refractivity contribution in [2.75, 3.05) is 11.3 Å². The van der Waals surface area contributed by atoms with Crippen LogP contribution in [-0.4, -0.2) is 31.3 Å². The number of sulfonamides is 1. The third-order valence-electron chi connectivity index (χ3n) is 2.99. The van der Waals surface area contributed by atoms with Crippen LogP contribution in [0.5, 0.6) is 5.75 Å². The first-order valence-electron chi connectivity index (χ1n) is 6.72. The molecule has 0 spiro atoms. The molecule has 0 aliphatic carbocycles. The molecule has 0 saturated heterocycles. The van der Waals surface area contributed by atoms with E-state index in [-0.39, 0.29) is 34.2 Å². The highest BCUT2D eigenvalue weighted by atomic mass is 32.2. The highest BCUT2D eigenvalue weighted by molar-refractivity contribution is 7.92. The molecule has 8 nitrogen and oxygen atoms in total. The number of esters is 1. The summed E-state index contributed by atoms with van der Waals surface area (Å²) in [7, 11) is -3.98. The van der Waals surface area contributed by atoms with Crippen molar-refractivity contribution in [2.24, 2.45) is 0 Å². The molecule has 0 radical (unpaired) electrons. The lowest BCUT2D eigenvalue weighted by Crippen LogP contribution is -2.15. The maximum atomic E-state index is 12.4. The molecule has 1 aromatic carbocycles. The van der Waals surface area contributed by atoms with Crippen LogP contribution in [0.25, 0.3) is 0 Å². The topological polar surface area (TPSA) is 119 Å². The molecular formula is C14H16N2O6S. The molecule has 0 unspecified atom stereocenters. The van der Waals surface area contributed by atoms with E-state index in [0.717, 1.165) is 6.07 Å². The Morgan fingerprint density at radius 2 is 2.09 bits per heavy atom. The number of hydrogen-bond acceptors (Lipinski definition) is 7. The Morgan fingerprint density at radius 3 is 2.61 bits per heavy atom. The second-order valence-corrected chi connectivity index (χ2v) is 6.33. The Kier molecular flexibility index (Phi) is 4.60. The molecule has 23 heavy (non-hydrogen) atoms. The highest BCUT2D eigenvalue weighted by Crippen LogP contribution is 2.29. The van der Waals surface area contributed by atoms with Crippen LogP contribution >= 0.6 is 0 Å². The fourth-order valence-electron chi connectivity index (χ4n) is 2.01. The number of nitrogens with zero attached hydrogens (tertiary/aromatic N) is 1. The minimum absolute atomic E-state index is 0.0713. The maximum absolute atomic E-state index is 12.4. The van der Waals surface area contributed by atoms with Gasteiger partial charge in [-0.3, -0.25) is 4.72 Å². The summed E-state index contributed by atoms with van der Waals surface area (Å²) in [5.74, 6) is -0.869. The van der Waals surface area contributed by atoms with E-state index in [9.17, 15) is 18.3 Å². The third kappa shape index (κ3) is 3.45. The number of aromatic nitrogens is 1. The summed E-state index contributed by atoms with van der Waals surface area (Å²) in [4.78, 5) is 11.5. The Morgan fingerprint density at radius 1 is 1.39 bits per heavy atom. The van der Waals surface area contributed by atoms with E-state index in [1.807, 2.05) is 0 Å². The van der Waals surface area contributed by atoms with Gasteiger partial charge in [-0.05, 0) is 39.0 Å². The normalized spacial score (nSPS) is 11.3. The van der Waals surface area contributed by atoms with Crippen molar-refractivity contribution in [2.45, 2.75) is 25.7 Å². The van der Waals surface area contributed by atoms with E-state index < -0.39 is 21.7 Å². The minimum Gasteiger partial charge on any atom is -0.506 e. The van der Waals surface area contributed by atoms with Crippen LogP contribution in [0, 0.1) is 13.8 Å². The standard InChI is InChI=1S/C14H16N2O6S/c1-4-21-14(18)10-5-6-11(12(17)7-10)16-23(19,20)13-8(2)15-22-9(13)3/h5-7,16-17H,4H2,1-3H3. The van der Waals surface area contributed by atoms with E-state index in [1.165, 1.54) is 26.0 Å². The predicted octanol–water partition coefficient (Wildman–Crippen LogP) is 1.97. The Balaban J connectivity index is 2.32. The van der Waals surface area contributed by atoms with Crippen LogP contribution in [-0.2, 0) is 14.8 Å². The highest BCUT2D eigenvalue weighted by Gasteiger charge is 2.25. The van der Waals surface area contributed by atoms with E-state index in [4.69, 9.17) is 9.26 Å². The van der Waals surface area contributed by atoms with Gasteiger partial charge in [-0.2, -0.15) is 0 Å². The van der Waals surface area contributed by atoms with E-state index >= 15 is 0 Å². The van der Waals surface area contributed by atoms with Gasteiger partial charge in [0, 0.05) is 0 Å². The lowest BCUT2D eigenvalue weighted by molar-refractivity contribution is 0.0526. The first-order valence-corrected chi connectivity index (χ1v) is 8.20. The number of benzene rings is 1. The first kappa shape index (κ1) is 16.8. The van der Waals surface area contributed by atoms with Gasteiger partial charge in [-0.1, -0.05) is 5.16 Å². The SMILES string of the molecule is CCOC(=O)c1ccc(NS(=O)(=O)c2c(C)noc2C)c(O)c1. The van der Waals surface area contributed by atoms with Gasteiger partial charge >= 0.3 is 5.97 Å². The number of nitrogens with one attached hydrogen (secondary N) is 1. The van der Waals surface area contributed by atoms with Crippen LogP contribution < -0.4 is 4.72 Å². The molecule has 0 aliphatic rings. The Hall–Kier alpha value is -2.55. The number of ether oxygens (including phenoxy) is 1. The number of aromatic hydroxyl groups is 1. The van der Waals surface area contributed by atoms with Crippen molar-refractivity contribution >= 4 is 21.7 Å². The van der Waals surface area contributed by atoms with Gasteiger partial charge < -0.3 is 14.4 Å². The zero-order chi connectivity index (χ0) is 17.2. The van der Waals surface area contributed by atoms with Crippen molar-refractivity contribution in [3.05, 3.63) is 35.2 Å². The molecule has 0 aliphatic heterocycles. The predicted molar refractivity (Wildman–Crippen MR) is 80.8 cm³/mol. The summed E-state index contributed by atoms with van der Waals surface area (Å²) in [6, 6.07) is 3.75. The van der Waals surface area contributed by atoms with Crippen molar-refractivity contribution < 1.29 is 27.6 Å². The number of hydrogen-bond donors (Lipinski definition) is 2. The Bertz CT molecular complexity index is 821. The van der Waals surface area contributed by atoms with Gasteiger partial charge in [0.1, 0.15) is 11.4 Å². The zero-order valence-corrected chi connectivity index (χ0v) is 13.6. The lowest BCUT2D eigenvalue weighted by Gasteiger charge is -2.10. The lowest BCUT2D eigenvalue weighted by atomic mass is 10.2. The van der Waals surface area contributed by atoms with Gasteiger partial charge in [0.2, 0.25) is 0 Å². The molecule has 0 saturated carbocycles. The molecule has 0 fully saturated rings. The van der Waals surface area contributed by atoms with Crippen LogP contribution in [0.2, 0.25) is 0 Å². The fraction of sp³-hybridized carbons (Fsp3) is 0.286. The quantitative estimate of drug-likeness (QED) is 0.631. The number of carbonyl (C=O) groups is 1. The number of phenols is 1. The van der Waals surface area contributed by atoms with Gasteiger partial charge in [-0.15, -0.1) is 0 Å². The average molecular weight is 340 g/mol. The zero-order valence-electron chi connectivity index (χ0n) is 12.8. The van der Waals surface area contributed by atoms with E-state index in [1.54, 1.807) is 6.92 Å². The summed E-state index contributed by atoms with van der Waals surface area (Å²) in [5.41, 5.74) is 0.250. The third-order valence-corrected chi connectivity index (χ3v) is 4.60. The summed E-state index contributed by atoms with van der Waals surface area (Å²) in [5, 5.41) is 13.5. The number of carbonyl (C=O) groups excluding carboxylic acids is 1. The van der Waals surface area contributed by atoms with Crippen LogP contribution in [0.4, 0.5) is 5.69 Å². The molecule has 0 bridgehead atoms. The molecular weight excluding hydrogens is 324 g/mol. The number of phenolic OH excluding ortho intramolecular Hbond substituents is 1. The Labute approximate surface area is 133 Å². The van der Waals surface area contributed by atoms with Crippen LogP contribution in [0.3, 0.4) is 0 Å². The molecule has 1 heterocycles. The summed E-state index contributed by atoms with van der Waals surface area (Å²) in [6.07, 6.45) is 0. The van der Waals surface area contributed by atoms with Gasteiger partial charge in [0.15, 0.2) is 10.7 Å². The second-order valence-electron chi connectivity index (χ2n) is 4.71. The molecule has 2 aromatic rings. The van der Waals surface area contributed by atoms with Crippen LogP contribution in [0.1, 0.15) is 28.7 Å². The molecule has 0 atom stereocenters. The van der Waals surface area contributed by atoms with E-state index in [2.05, 4.69) is 9.88 Å². The average Bonchev–Trinajstić information content (AvgIpc) is 2.81.